The summed E-state index contributed by atoms with van der Waals surface area (Å²) in [5.41, 5.74) is 1.53. The second-order valence-electron chi connectivity index (χ2n) is 7.07. The Labute approximate surface area is 153 Å². The van der Waals surface area contributed by atoms with E-state index in [1.807, 2.05) is 29.2 Å². The second kappa shape index (κ2) is 7.18. The lowest BCUT2D eigenvalue weighted by Crippen LogP contribution is -2.45. The molecule has 0 unspecified atom stereocenters. The fourth-order valence-electron chi connectivity index (χ4n) is 3.29. The van der Waals surface area contributed by atoms with Crippen molar-refractivity contribution in [2.24, 2.45) is 5.92 Å². The molecule has 6 heteroatoms. The number of benzene rings is 1. The standard InChI is InChI=1S/C19H23ClN4O/c20-16-3-5-18(6-4-16)24-13-15(12-22-24)19(25)23-9-7-17(8-10-23)21-11-14-1-2-14/h3-6,12-14,17,21H,1-2,7-11H2. The van der Waals surface area contributed by atoms with Crippen molar-refractivity contribution in [1.29, 1.82) is 0 Å². The highest BCUT2D eigenvalue weighted by molar-refractivity contribution is 6.30. The van der Waals surface area contributed by atoms with Crippen molar-refractivity contribution in [2.75, 3.05) is 19.6 Å². The minimum absolute atomic E-state index is 0.0702. The zero-order chi connectivity index (χ0) is 17.2. The Morgan fingerprint density at radius 1 is 1.16 bits per heavy atom. The predicted molar refractivity (Wildman–Crippen MR) is 98.2 cm³/mol. The molecule has 1 aromatic carbocycles. The molecule has 2 aliphatic rings. The van der Waals surface area contributed by atoms with Gasteiger partial charge in [-0.1, -0.05) is 11.6 Å². The first-order chi connectivity index (χ1) is 12.2. The first-order valence-corrected chi connectivity index (χ1v) is 9.40. The minimum atomic E-state index is 0.0702. The van der Waals surface area contributed by atoms with E-state index in [9.17, 15) is 4.79 Å². The summed E-state index contributed by atoms with van der Waals surface area (Å²) < 4.78 is 1.72. The number of hydrogen-bond acceptors (Lipinski definition) is 3. The van der Waals surface area contributed by atoms with Gasteiger partial charge in [-0.15, -0.1) is 0 Å². The summed E-state index contributed by atoms with van der Waals surface area (Å²) in [4.78, 5) is 14.7. The molecule has 1 aliphatic carbocycles. The molecule has 1 aromatic heterocycles. The van der Waals surface area contributed by atoms with Gasteiger partial charge in [0.25, 0.3) is 5.91 Å². The quantitative estimate of drug-likeness (QED) is 0.893. The molecule has 5 nitrogen and oxygen atoms in total. The smallest absolute Gasteiger partial charge is 0.257 e. The van der Waals surface area contributed by atoms with E-state index in [-0.39, 0.29) is 5.91 Å². The Kier molecular flexibility index (Phi) is 4.77. The number of likely N-dealkylation sites (tertiary alicyclic amines) is 1. The third kappa shape index (κ3) is 4.05. The Morgan fingerprint density at radius 2 is 1.88 bits per heavy atom. The SMILES string of the molecule is O=C(c1cnn(-c2ccc(Cl)cc2)c1)N1CCC(NCC2CC2)CC1. The number of nitrogens with zero attached hydrogens (tertiary/aromatic N) is 3. The molecule has 2 heterocycles. The van der Waals surface area contributed by atoms with Crippen molar-refractivity contribution in [3.05, 3.63) is 47.2 Å². The average Bonchev–Trinajstić information content (AvgIpc) is 3.35. The molecule has 0 spiro atoms. The molecule has 132 valence electrons. The van der Waals surface area contributed by atoms with E-state index in [0.29, 0.717) is 16.6 Å². The number of carbonyl (C=O) groups is 1. The van der Waals surface area contributed by atoms with Crippen molar-refractivity contribution in [1.82, 2.24) is 20.0 Å². The first-order valence-electron chi connectivity index (χ1n) is 9.02. The molecule has 1 saturated carbocycles. The van der Waals surface area contributed by atoms with E-state index in [4.69, 9.17) is 11.6 Å². The van der Waals surface area contributed by atoms with Crippen molar-refractivity contribution >= 4 is 17.5 Å². The highest BCUT2D eigenvalue weighted by Crippen LogP contribution is 2.28. The Balaban J connectivity index is 1.34. The predicted octanol–water partition coefficient (Wildman–Crippen LogP) is 3.13. The highest BCUT2D eigenvalue weighted by atomic mass is 35.5. The lowest BCUT2D eigenvalue weighted by molar-refractivity contribution is 0.0705. The number of rotatable bonds is 5. The van der Waals surface area contributed by atoms with Crippen LogP contribution in [0.2, 0.25) is 5.02 Å². The molecule has 25 heavy (non-hydrogen) atoms. The van der Waals surface area contributed by atoms with Crippen LogP contribution in [-0.2, 0) is 0 Å². The Morgan fingerprint density at radius 3 is 2.56 bits per heavy atom. The van der Waals surface area contributed by atoms with E-state index >= 15 is 0 Å². The van der Waals surface area contributed by atoms with Gasteiger partial charge in [-0.3, -0.25) is 4.79 Å². The van der Waals surface area contributed by atoms with E-state index < -0.39 is 0 Å². The van der Waals surface area contributed by atoms with E-state index in [0.717, 1.165) is 44.1 Å². The van der Waals surface area contributed by atoms with Crippen LogP contribution >= 0.6 is 11.6 Å². The van der Waals surface area contributed by atoms with Crippen LogP contribution < -0.4 is 5.32 Å². The number of carbonyl (C=O) groups excluding carboxylic acids is 1. The van der Waals surface area contributed by atoms with Gasteiger partial charge in [0.15, 0.2) is 0 Å². The van der Waals surface area contributed by atoms with Gasteiger partial charge in [-0.2, -0.15) is 5.10 Å². The van der Waals surface area contributed by atoms with Gasteiger partial charge in [0.1, 0.15) is 0 Å². The molecule has 1 N–H and O–H groups in total. The third-order valence-electron chi connectivity index (χ3n) is 5.10. The van der Waals surface area contributed by atoms with Crippen LogP contribution in [0, 0.1) is 5.92 Å². The lowest BCUT2D eigenvalue weighted by atomic mass is 10.0. The van der Waals surface area contributed by atoms with Crippen molar-refractivity contribution in [3.8, 4) is 5.69 Å². The number of halogens is 1. The summed E-state index contributed by atoms with van der Waals surface area (Å²) in [7, 11) is 0. The Bertz CT molecular complexity index is 730. The van der Waals surface area contributed by atoms with Crippen molar-refractivity contribution < 1.29 is 4.79 Å². The van der Waals surface area contributed by atoms with E-state index in [1.54, 1.807) is 17.1 Å². The molecular weight excluding hydrogens is 336 g/mol. The molecule has 1 saturated heterocycles. The van der Waals surface area contributed by atoms with Crippen LogP contribution in [0.15, 0.2) is 36.7 Å². The van der Waals surface area contributed by atoms with Crippen LogP contribution in [0.3, 0.4) is 0 Å². The fraction of sp³-hybridized carbons (Fsp3) is 0.474. The topological polar surface area (TPSA) is 50.2 Å². The van der Waals surface area contributed by atoms with Gasteiger partial charge >= 0.3 is 0 Å². The van der Waals surface area contributed by atoms with Crippen LogP contribution in [0.5, 0.6) is 0 Å². The zero-order valence-electron chi connectivity index (χ0n) is 14.2. The summed E-state index contributed by atoms with van der Waals surface area (Å²) in [6, 6.07) is 7.97. The van der Waals surface area contributed by atoms with Crippen molar-refractivity contribution in [2.45, 2.75) is 31.7 Å². The second-order valence-corrected chi connectivity index (χ2v) is 7.50. The van der Waals surface area contributed by atoms with Crippen LogP contribution in [-0.4, -0.2) is 46.3 Å². The summed E-state index contributed by atoms with van der Waals surface area (Å²) in [6.45, 7) is 2.77. The number of piperidine rings is 1. The maximum atomic E-state index is 12.7. The van der Waals surface area contributed by atoms with E-state index in [1.165, 1.54) is 12.8 Å². The zero-order valence-corrected chi connectivity index (χ0v) is 15.0. The first kappa shape index (κ1) is 16.6. The van der Waals surface area contributed by atoms with Gasteiger partial charge in [-0.25, -0.2) is 4.68 Å². The highest BCUT2D eigenvalue weighted by Gasteiger charge is 2.26. The molecule has 2 aromatic rings. The minimum Gasteiger partial charge on any atom is -0.338 e. The molecule has 1 amide bonds. The molecule has 2 fully saturated rings. The van der Waals surface area contributed by atoms with Gasteiger partial charge in [0, 0.05) is 30.4 Å². The maximum absolute atomic E-state index is 12.7. The van der Waals surface area contributed by atoms with Gasteiger partial charge in [-0.05, 0) is 62.4 Å². The molecular formula is C19H23ClN4O. The van der Waals surface area contributed by atoms with E-state index in [2.05, 4.69) is 10.4 Å². The Hall–Kier alpha value is -1.85. The van der Waals surface area contributed by atoms with Crippen LogP contribution in [0.1, 0.15) is 36.0 Å². The molecule has 4 rings (SSSR count). The van der Waals surface area contributed by atoms with Crippen molar-refractivity contribution in [3.63, 3.8) is 0 Å². The van der Waals surface area contributed by atoms with Crippen LogP contribution in [0.4, 0.5) is 0 Å². The maximum Gasteiger partial charge on any atom is 0.257 e. The number of amides is 1. The molecule has 0 atom stereocenters. The van der Waals surface area contributed by atoms with Gasteiger partial charge < -0.3 is 10.2 Å². The normalized spacial score (nSPS) is 18.5. The summed E-state index contributed by atoms with van der Waals surface area (Å²) in [5, 5.41) is 8.65. The monoisotopic (exact) mass is 358 g/mol. The molecule has 0 bridgehead atoms. The summed E-state index contributed by atoms with van der Waals surface area (Å²) >= 11 is 5.92. The van der Waals surface area contributed by atoms with Gasteiger partial charge in [0.05, 0.1) is 17.4 Å². The third-order valence-corrected chi connectivity index (χ3v) is 5.35. The lowest BCUT2D eigenvalue weighted by Gasteiger charge is -2.32. The summed E-state index contributed by atoms with van der Waals surface area (Å²) in [5.74, 6) is 0.972. The average molecular weight is 359 g/mol. The largest absolute Gasteiger partial charge is 0.338 e. The van der Waals surface area contributed by atoms with Crippen LogP contribution in [0.25, 0.3) is 5.69 Å². The number of nitrogens with one attached hydrogen (secondary N) is 1. The molecule has 0 radical (unpaired) electrons. The number of aromatic nitrogens is 2. The fourth-order valence-corrected chi connectivity index (χ4v) is 3.42. The molecule has 1 aliphatic heterocycles. The summed E-state index contributed by atoms with van der Waals surface area (Å²) in [6.07, 6.45) is 8.26. The number of hydrogen-bond donors (Lipinski definition) is 1. The van der Waals surface area contributed by atoms with Gasteiger partial charge in [0.2, 0.25) is 0 Å².